The molecule has 5 nitrogen and oxygen atoms in total. The molecule has 40 heteroatoms. The second-order valence-electron chi connectivity index (χ2n) is 23.2. The van der Waals surface area contributed by atoms with Crippen molar-refractivity contribution < 1.29 is 151 Å². The SMILES string of the molecule is CC(/C=C(/C)[N-]c1ccccc1C#[N+][B-](c1c(F)c(F)c(F)c(F)c1F)(c1c(F)c(F)c(F)c(F)c1F)c1c(F)c(F)c(F)c(F)c1F)=Nc1ccccc1C#[N+][B-](c1c(F)c(F)c(F)c(F)c1F)(c1c(F)c(F)c(F)c(F)c1F)c1c(F)c(F)c(F)c(F)c1F.C[Si](C)(C)[N-][Si](C)(C)C.[Zn+2]. The third-order valence-corrected chi connectivity index (χ3v) is 19.6. The smallest absolute Gasteiger partial charge is 0.668 e. The van der Waals surface area contributed by atoms with Crippen LogP contribution in [0.25, 0.3) is 19.5 Å². The molecule has 0 aliphatic carbocycles. The van der Waals surface area contributed by atoms with Gasteiger partial charge in [-0.15, -0.1) is 5.69 Å². The molecule has 8 aromatic rings. The maximum Gasteiger partial charge on any atom is 2.00 e. The van der Waals surface area contributed by atoms with Crippen LogP contribution in [0, 0.1) is 187 Å². The van der Waals surface area contributed by atoms with Crippen LogP contribution in [0.15, 0.2) is 65.3 Å². The molecule has 0 bridgehead atoms. The first-order chi connectivity index (χ1) is 46.2. The van der Waals surface area contributed by atoms with E-state index in [4.69, 9.17) is 4.65 Å². The van der Waals surface area contributed by atoms with Crippen LogP contribution in [-0.4, -0.2) is 34.7 Å². The van der Waals surface area contributed by atoms with Crippen LogP contribution < -0.4 is 32.8 Å². The summed E-state index contributed by atoms with van der Waals surface area (Å²) < 4.78 is 473. The number of nitrogens with zero attached hydrogens (tertiary/aromatic N) is 5. The molecular weight excluding hydrogens is 1520 g/mol. The van der Waals surface area contributed by atoms with Crippen molar-refractivity contribution in [3.8, 4) is 12.1 Å². The van der Waals surface area contributed by atoms with E-state index in [9.17, 15) is 26.3 Å². The minimum absolute atomic E-state index is 0. The molecule has 0 aliphatic rings. The quantitative estimate of drug-likeness (QED) is 0.0385. The Kier molecular flexibility index (Phi) is 24.0. The van der Waals surface area contributed by atoms with Gasteiger partial charge in [-0.2, -0.15) is 5.70 Å². The average Bonchev–Trinajstić information content (AvgIpc) is 0.706. The van der Waals surface area contributed by atoms with E-state index in [-0.39, 0.29) is 19.5 Å². The summed E-state index contributed by atoms with van der Waals surface area (Å²) in [7, 11) is -2.21. The van der Waals surface area contributed by atoms with E-state index in [1.165, 1.54) is 12.1 Å². The van der Waals surface area contributed by atoms with Gasteiger partial charge in [-0.3, -0.25) is 4.99 Å². The largest absolute Gasteiger partial charge is 2.00 e. The van der Waals surface area contributed by atoms with Crippen molar-refractivity contribution in [3.63, 3.8) is 0 Å². The van der Waals surface area contributed by atoms with Crippen molar-refractivity contribution in [2.45, 2.75) is 53.1 Å². The van der Waals surface area contributed by atoms with E-state index < -0.39 is 270 Å². The Morgan fingerprint density at radius 1 is 0.327 bits per heavy atom. The van der Waals surface area contributed by atoms with Gasteiger partial charge < -0.3 is 19.5 Å². The van der Waals surface area contributed by atoms with Crippen molar-refractivity contribution >= 4 is 78.9 Å². The normalized spacial score (nSPS) is 12.2. The van der Waals surface area contributed by atoms with Gasteiger partial charge in [-0.1, -0.05) is 99.1 Å². The molecular formula is C61H33B2F30N5Si2Zn. The molecule has 0 heterocycles. The zero-order valence-corrected chi connectivity index (χ0v) is 56.6. The van der Waals surface area contributed by atoms with Gasteiger partial charge in [0.25, 0.3) is 0 Å². The van der Waals surface area contributed by atoms with Gasteiger partial charge in [0.2, 0.25) is 12.1 Å². The molecule has 0 saturated heterocycles. The van der Waals surface area contributed by atoms with E-state index in [0.717, 1.165) is 56.3 Å². The summed E-state index contributed by atoms with van der Waals surface area (Å²) in [4.78, 5) is 3.99. The molecule has 0 amide bonds. The standard InChI is InChI=1S/C55H15B2F30N4.C6H18NSi2.Zn/c1-14(90-18-9-5-3-7-16(18)12-88-56(20-26(58)38(70)50(82)39(71)27(20)59,21-28(60)40(72)51(83)41(73)29(21)61)22-30(62)42(74)52(84)43(75)31(22)63)11-15(2)91-19-10-6-4-8-17(19)13-89-57(23-32(64)44(76)53(85)45(77)33(23)65,24-34(66)46(78)54(86)47(79)35(24)67)25-36(68)48(80)55(87)49(81)37(25)69;1-8(2,3)7-9(4,5)6;/h3-11H,1-2H3;1-6H3;/q2*-1;+2/b14-11-,91-15?;;. The zero-order chi connectivity index (χ0) is 75.6. The number of rotatable bonds is 12. The second-order valence-corrected chi connectivity index (χ2v) is 32.7. The molecule has 0 unspecified atom stereocenters. The van der Waals surface area contributed by atoms with Gasteiger partial charge in [0.05, 0.1) is 11.3 Å². The molecule has 101 heavy (non-hydrogen) atoms. The van der Waals surface area contributed by atoms with E-state index in [2.05, 4.69) is 59.1 Å². The van der Waals surface area contributed by atoms with Crippen LogP contribution in [-0.2, 0) is 19.5 Å². The average molecular weight is 1550 g/mol. The molecule has 0 atom stereocenters. The summed E-state index contributed by atoms with van der Waals surface area (Å²) in [6.07, 6.45) is -12.3. The van der Waals surface area contributed by atoms with Crippen molar-refractivity contribution in [1.29, 1.82) is 0 Å². The fourth-order valence-corrected chi connectivity index (χ4v) is 18.7. The van der Waals surface area contributed by atoms with Crippen LogP contribution >= 0.6 is 0 Å². The number of benzene rings is 8. The summed E-state index contributed by atoms with van der Waals surface area (Å²) in [5.74, 6) is -100. The molecule has 0 spiro atoms. The Balaban J connectivity index is 0.00000150. The first-order valence-electron chi connectivity index (χ1n) is 27.4. The first-order valence-corrected chi connectivity index (χ1v) is 34.3. The fourth-order valence-electron chi connectivity index (χ4n) is 10.6. The van der Waals surface area contributed by atoms with Gasteiger partial charge in [0.15, 0.2) is 105 Å². The van der Waals surface area contributed by atoms with Gasteiger partial charge >= 0.3 is 32.0 Å². The molecule has 8 aromatic carbocycles. The third kappa shape index (κ3) is 14.5. The Morgan fingerprint density at radius 3 is 0.772 bits per heavy atom. The Hall–Kier alpha value is -9.00. The maximum absolute atomic E-state index is 16.1. The van der Waals surface area contributed by atoms with E-state index in [0.29, 0.717) is 12.1 Å². The summed E-state index contributed by atoms with van der Waals surface area (Å²) in [5.41, 5.74) is -23.5. The van der Waals surface area contributed by atoms with Crippen LogP contribution in [0.1, 0.15) is 25.0 Å². The van der Waals surface area contributed by atoms with Crippen molar-refractivity contribution in [2.24, 2.45) is 4.99 Å². The van der Waals surface area contributed by atoms with E-state index in [1.54, 1.807) is 0 Å². The maximum atomic E-state index is 16.1. The Morgan fingerprint density at radius 2 is 0.535 bits per heavy atom. The van der Waals surface area contributed by atoms with Gasteiger partial charge in [0, 0.05) is 5.71 Å². The van der Waals surface area contributed by atoms with Crippen LogP contribution in [0.5, 0.6) is 0 Å². The van der Waals surface area contributed by atoms with Crippen molar-refractivity contribution in [2.75, 3.05) is 0 Å². The van der Waals surface area contributed by atoms with Gasteiger partial charge in [-0.25, -0.2) is 132 Å². The molecule has 0 aromatic heterocycles. The molecule has 0 radical (unpaired) electrons. The van der Waals surface area contributed by atoms with Crippen molar-refractivity contribution in [1.82, 2.24) is 0 Å². The fraction of sp³-hybridized carbons (Fsp3) is 0.131. The number of allylic oxidation sites excluding steroid dienone is 2. The Labute approximate surface area is 563 Å². The second kappa shape index (κ2) is 29.9. The number of aliphatic imine (C=N–C) groups is 1. The third-order valence-electron chi connectivity index (χ3n) is 14.2. The number of halogens is 30. The monoisotopic (exact) mass is 1550 g/mol. The number of para-hydroxylation sites is 2. The minimum Gasteiger partial charge on any atom is -0.668 e. The summed E-state index contributed by atoms with van der Waals surface area (Å²) in [5, 5.41) is 3.99. The molecule has 528 valence electrons. The summed E-state index contributed by atoms with van der Waals surface area (Å²) >= 11 is 0. The van der Waals surface area contributed by atoms with Crippen LogP contribution in [0.2, 0.25) is 39.3 Å². The van der Waals surface area contributed by atoms with Crippen LogP contribution in [0.4, 0.5) is 143 Å². The summed E-state index contributed by atoms with van der Waals surface area (Å²) in [6.45, 7) is 15.7. The van der Waals surface area contributed by atoms with Gasteiger partial charge in [0.1, 0.15) is 75.4 Å². The summed E-state index contributed by atoms with van der Waals surface area (Å²) in [6, 6.07) is 9.49. The minimum atomic E-state index is -6.54. The first kappa shape index (κ1) is 81.0. The molecule has 0 aliphatic heterocycles. The predicted molar refractivity (Wildman–Crippen MR) is 312 cm³/mol. The molecule has 0 N–H and O–H groups in total. The molecule has 0 fully saturated rings. The molecule has 0 saturated carbocycles. The Bertz CT molecular complexity index is 4440. The number of hydrogen-bond acceptors (Lipinski definition) is 1. The topological polar surface area (TPSA) is 49.3 Å². The zero-order valence-electron chi connectivity index (χ0n) is 51.6. The van der Waals surface area contributed by atoms with Crippen molar-refractivity contribution in [3.05, 3.63) is 265 Å². The van der Waals surface area contributed by atoms with Gasteiger partial charge in [-0.05, 0) is 57.9 Å². The predicted octanol–water partition coefficient (Wildman–Crippen LogP) is 17.3. The van der Waals surface area contributed by atoms with E-state index >= 15 is 105 Å². The number of hydrogen-bond donors (Lipinski definition) is 0. The van der Waals surface area contributed by atoms with E-state index in [1.807, 2.05) is 0 Å². The van der Waals surface area contributed by atoms with Crippen LogP contribution in [0.3, 0.4) is 0 Å². The molecule has 8 rings (SSSR count).